The van der Waals surface area contributed by atoms with Crippen LogP contribution in [-0.2, 0) is 10.9 Å². The van der Waals surface area contributed by atoms with Gasteiger partial charge in [0.25, 0.3) is 0 Å². The van der Waals surface area contributed by atoms with Crippen LogP contribution in [0.2, 0.25) is 0 Å². The third-order valence-electron chi connectivity index (χ3n) is 3.36. The number of benzene rings is 1. The van der Waals surface area contributed by atoms with Crippen molar-refractivity contribution in [3.63, 3.8) is 0 Å². The summed E-state index contributed by atoms with van der Waals surface area (Å²) in [7, 11) is 0. The van der Waals surface area contributed by atoms with E-state index in [1.165, 1.54) is 17.0 Å². The van der Waals surface area contributed by atoms with Gasteiger partial charge in [0.1, 0.15) is 0 Å². The maximum atomic E-state index is 13.0. The molecule has 1 aromatic carbocycles. The van der Waals surface area contributed by atoms with E-state index in [4.69, 9.17) is 4.74 Å². The lowest BCUT2D eigenvalue weighted by Gasteiger charge is -2.36. The Morgan fingerprint density at radius 3 is 2.38 bits per heavy atom. The second-order valence-electron chi connectivity index (χ2n) is 4.69. The van der Waals surface area contributed by atoms with Gasteiger partial charge in [-0.25, -0.2) is 4.79 Å². The van der Waals surface area contributed by atoms with E-state index in [0.29, 0.717) is 26.2 Å². The van der Waals surface area contributed by atoms with Crippen molar-refractivity contribution in [1.29, 1.82) is 0 Å². The van der Waals surface area contributed by atoms with E-state index in [1.807, 2.05) is 0 Å². The number of carbonyl (C=O) groups is 1. The lowest BCUT2D eigenvalue weighted by Crippen LogP contribution is -2.49. The Morgan fingerprint density at radius 2 is 1.81 bits per heavy atom. The second-order valence-corrected chi connectivity index (χ2v) is 4.69. The third-order valence-corrected chi connectivity index (χ3v) is 3.36. The van der Waals surface area contributed by atoms with E-state index in [0.717, 1.165) is 6.07 Å². The van der Waals surface area contributed by atoms with Gasteiger partial charge in [0.05, 0.1) is 12.2 Å². The van der Waals surface area contributed by atoms with Gasteiger partial charge >= 0.3 is 12.3 Å². The number of alkyl halides is 3. The van der Waals surface area contributed by atoms with Crippen molar-refractivity contribution in [2.75, 3.05) is 37.7 Å². The van der Waals surface area contributed by atoms with E-state index < -0.39 is 17.8 Å². The molecule has 116 valence electrons. The predicted molar refractivity (Wildman–Crippen MR) is 72.3 cm³/mol. The smallest absolute Gasteiger partial charge is 0.418 e. The fourth-order valence-corrected chi connectivity index (χ4v) is 2.33. The zero-order valence-corrected chi connectivity index (χ0v) is 11.7. The molecule has 1 aliphatic rings. The molecule has 1 saturated heterocycles. The quantitative estimate of drug-likeness (QED) is 0.842. The minimum absolute atomic E-state index is 0.161. The highest BCUT2D eigenvalue weighted by atomic mass is 19.4. The minimum atomic E-state index is -4.38. The van der Waals surface area contributed by atoms with Crippen molar-refractivity contribution in [2.45, 2.75) is 13.1 Å². The average molecular weight is 302 g/mol. The van der Waals surface area contributed by atoms with Crippen LogP contribution in [0.25, 0.3) is 0 Å². The van der Waals surface area contributed by atoms with Gasteiger partial charge < -0.3 is 14.5 Å². The van der Waals surface area contributed by atoms with E-state index in [-0.39, 0.29) is 12.3 Å². The summed E-state index contributed by atoms with van der Waals surface area (Å²) in [5.41, 5.74) is -0.483. The molecule has 0 spiro atoms. The van der Waals surface area contributed by atoms with Gasteiger partial charge in [0.2, 0.25) is 0 Å². The van der Waals surface area contributed by atoms with Crippen LogP contribution in [-0.4, -0.2) is 43.8 Å². The summed E-state index contributed by atoms with van der Waals surface area (Å²) in [6.07, 6.45) is -4.80. The summed E-state index contributed by atoms with van der Waals surface area (Å²) in [6, 6.07) is 5.50. The summed E-state index contributed by atoms with van der Waals surface area (Å²) in [4.78, 5) is 14.7. The maximum Gasteiger partial charge on any atom is 0.418 e. The topological polar surface area (TPSA) is 32.8 Å². The number of rotatable bonds is 2. The lowest BCUT2D eigenvalue weighted by molar-refractivity contribution is -0.137. The summed E-state index contributed by atoms with van der Waals surface area (Å²) in [6.45, 7) is 3.41. The Labute approximate surface area is 121 Å². The SMILES string of the molecule is CCOC(=O)N1CCN(c2ccccc2C(F)(F)F)CC1. The molecule has 2 rings (SSSR count). The Bertz CT molecular complexity index is 497. The Kier molecular flexibility index (Phi) is 4.59. The Morgan fingerprint density at radius 1 is 1.19 bits per heavy atom. The molecule has 1 fully saturated rings. The fourth-order valence-electron chi connectivity index (χ4n) is 2.33. The number of halogens is 3. The van der Waals surface area contributed by atoms with Crippen molar-refractivity contribution in [2.24, 2.45) is 0 Å². The largest absolute Gasteiger partial charge is 0.450 e. The first kappa shape index (κ1) is 15.5. The molecule has 0 atom stereocenters. The van der Waals surface area contributed by atoms with Gasteiger partial charge in [0, 0.05) is 31.9 Å². The molecule has 0 bridgehead atoms. The van der Waals surface area contributed by atoms with E-state index in [9.17, 15) is 18.0 Å². The summed E-state index contributed by atoms with van der Waals surface area (Å²) < 4.78 is 43.9. The van der Waals surface area contributed by atoms with Gasteiger partial charge in [0.15, 0.2) is 0 Å². The third kappa shape index (κ3) is 3.59. The number of ether oxygens (including phenoxy) is 1. The summed E-state index contributed by atoms with van der Waals surface area (Å²) >= 11 is 0. The number of nitrogens with zero attached hydrogens (tertiary/aromatic N) is 2. The standard InChI is InChI=1S/C14H17F3N2O2/c1-2-21-13(20)19-9-7-18(8-10-19)12-6-4-3-5-11(12)14(15,16)17/h3-6H,2,7-10H2,1H3. The second kappa shape index (κ2) is 6.24. The fraction of sp³-hybridized carbons (Fsp3) is 0.500. The van der Waals surface area contributed by atoms with Crippen molar-refractivity contribution >= 4 is 11.8 Å². The van der Waals surface area contributed by atoms with Crippen LogP contribution in [0.1, 0.15) is 12.5 Å². The number of piperazine rings is 1. The number of para-hydroxylation sites is 1. The van der Waals surface area contributed by atoms with Crippen molar-refractivity contribution < 1.29 is 22.7 Å². The number of amides is 1. The van der Waals surface area contributed by atoms with Crippen LogP contribution in [0.3, 0.4) is 0 Å². The van der Waals surface area contributed by atoms with Crippen LogP contribution >= 0.6 is 0 Å². The van der Waals surface area contributed by atoms with Gasteiger partial charge in [-0.3, -0.25) is 0 Å². The van der Waals surface area contributed by atoms with E-state index in [1.54, 1.807) is 17.9 Å². The van der Waals surface area contributed by atoms with Crippen LogP contribution < -0.4 is 4.90 Å². The molecule has 21 heavy (non-hydrogen) atoms. The number of hydrogen-bond donors (Lipinski definition) is 0. The molecule has 0 aromatic heterocycles. The highest BCUT2D eigenvalue weighted by molar-refractivity contribution is 5.68. The zero-order chi connectivity index (χ0) is 15.5. The molecular formula is C14H17F3N2O2. The maximum absolute atomic E-state index is 13.0. The van der Waals surface area contributed by atoms with Crippen molar-refractivity contribution in [3.8, 4) is 0 Å². The average Bonchev–Trinajstić information content (AvgIpc) is 2.47. The first-order chi connectivity index (χ1) is 9.93. The van der Waals surface area contributed by atoms with Crippen LogP contribution in [0.4, 0.5) is 23.7 Å². The van der Waals surface area contributed by atoms with E-state index in [2.05, 4.69) is 0 Å². The van der Waals surface area contributed by atoms with Gasteiger partial charge in [-0.15, -0.1) is 0 Å². The van der Waals surface area contributed by atoms with Crippen molar-refractivity contribution in [1.82, 2.24) is 4.90 Å². The molecule has 1 aromatic rings. The van der Waals surface area contributed by atoms with Crippen molar-refractivity contribution in [3.05, 3.63) is 29.8 Å². The first-order valence-corrected chi connectivity index (χ1v) is 6.76. The number of anilines is 1. The number of carbonyl (C=O) groups excluding carboxylic acids is 1. The van der Waals surface area contributed by atoms with Gasteiger partial charge in [-0.05, 0) is 19.1 Å². The van der Waals surface area contributed by atoms with Crippen LogP contribution in [0.5, 0.6) is 0 Å². The summed E-state index contributed by atoms with van der Waals surface area (Å²) in [5.74, 6) is 0. The molecule has 7 heteroatoms. The molecule has 1 heterocycles. The highest BCUT2D eigenvalue weighted by Crippen LogP contribution is 2.36. The lowest BCUT2D eigenvalue weighted by atomic mass is 10.1. The van der Waals surface area contributed by atoms with Crippen LogP contribution in [0, 0.1) is 0 Å². The van der Waals surface area contributed by atoms with E-state index >= 15 is 0 Å². The highest BCUT2D eigenvalue weighted by Gasteiger charge is 2.35. The first-order valence-electron chi connectivity index (χ1n) is 6.76. The van der Waals surface area contributed by atoms with Gasteiger partial charge in [-0.2, -0.15) is 13.2 Å². The Balaban J connectivity index is 2.08. The van der Waals surface area contributed by atoms with Crippen LogP contribution in [0.15, 0.2) is 24.3 Å². The molecule has 0 N–H and O–H groups in total. The molecular weight excluding hydrogens is 285 g/mol. The molecule has 1 amide bonds. The summed E-state index contributed by atoms with van der Waals surface area (Å²) in [5, 5.41) is 0. The zero-order valence-electron chi connectivity index (χ0n) is 11.7. The molecule has 0 unspecified atom stereocenters. The minimum Gasteiger partial charge on any atom is -0.450 e. The Hall–Kier alpha value is -1.92. The molecule has 0 saturated carbocycles. The molecule has 0 aliphatic carbocycles. The number of hydrogen-bond acceptors (Lipinski definition) is 3. The molecule has 4 nitrogen and oxygen atoms in total. The predicted octanol–water partition coefficient (Wildman–Crippen LogP) is 2.98. The van der Waals surface area contributed by atoms with Gasteiger partial charge in [-0.1, -0.05) is 12.1 Å². The monoisotopic (exact) mass is 302 g/mol. The molecule has 1 aliphatic heterocycles. The molecule has 0 radical (unpaired) electrons. The normalized spacial score (nSPS) is 16.0.